The molecule has 2 unspecified atom stereocenters. The van der Waals surface area contributed by atoms with Crippen molar-refractivity contribution < 1.29 is 13.5 Å². The third-order valence-corrected chi connectivity index (χ3v) is 2.97. The molecule has 1 aromatic carbocycles. The van der Waals surface area contributed by atoms with Crippen LogP contribution >= 0.6 is 0 Å². The zero-order chi connectivity index (χ0) is 12.8. The highest BCUT2D eigenvalue weighted by Gasteiger charge is 2.22. The maximum absolute atomic E-state index is 13.7. The van der Waals surface area contributed by atoms with Crippen molar-refractivity contribution in [2.24, 2.45) is 5.92 Å². The van der Waals surface area contributed by atoms with Gasteiger partial charge in [0.15, 0.2) is 11.6 Å². The van der Waals surface area contributed by atoms with Crippen molar-refractivity contribution in [1.82, 2.24) is 5.32 Å². The van der Waals surface area contributed by atoms with Crippen molar-refractivity contribution in [1.29, 1.82) is 0 Å². The van der Waals surface area contributed by atoms with Crippen LogP contribution < -0.4 is 5.32 Å². The Balaban J connectivity index is 2.89. The molecule has 0 aliphatic rings. The molecule has 0 aliphatic heterocycles. The Morgan fingerprint density at radius 1 is 1.35 bits per heavy atom. The molecule has 0 amide bonds. The van der Waals surface area contributed by atoms with Gasteiger partial charge in [0.25, 0.3) is 0 Å². The average molecular weight is 243 g/mol. The smallest absolute Gasteiger partial charge is 0.163 e. The van der Waals surface area contributed by atoms with E-state index in [0.29, 0.717) is 12.2 Å². The van der Waals surface area contributed by atoms with E-state index in [9.17, 15) is 8.78 Å². The number of benzene rings is 1. The molecule has 0 radical (unpaired) electrons. The van der Waals surface area contributed by atoms with E-state index in [0.717, 1.165) is 12.5 Å². The van der Waals surface area contributed by atoms with Gasteiger partial charge in [-0.15, -0.1) is 0 Å². The van der Waals surface area contributed by atoms with E-state index in [1.54, 1.807) is 20.2 Å². The molecule has 4 heteroatoms. The minimum atomic E-state index is -0.804. The molecule has 0 bridgehead atoms. The molecule has 0 spiro atoms. The maximum atomic E-state index is 13.7. The summed E-state index contributed by atoms with van der Waals surface area (Å²) in [6.07, 6.45) is 0.790. The van der Waals surface area contributed by atoms with Gasteiger partial charge in [0.1, 0.15) is 0 Å². The summed E-state index contributed by atoms with van der Waals surface area (Å²) in [5.74, 6) is -1.41. The Hall–Kier alpha value is -1.00. The first-order valence-corrected chi connectivity index (χ1v) is 5.72. The van der Waals surface area contributed by atoms with Crippen LogP contribution in [-0.4, -0.2) is 20.8 Å². The molecular weight excluding hydrogens is 224 g/mol. The van der Waals surface area contributed by atoms with Crippen molar-refractivity contribution in [2.45, 2.75) is 19.4 Å². The second kappa shape index (κ2) is 6.67. The molecule has 2 atom stereocenters. The Morgan fingerprint density at radius 2 is 2.06 bits per heavy atom. The Labute approximate surface area is 101 Å². The molecule has 0 saturated heterocycles. The first-order chi connectivity index (χ1) is 8.11. The van der Waals surface area contributed by atoms with Gasteiger partial charge in [-0.2, -0.15) is 0 Å². The Bertz CT molecular complexity index is 357. The van der Waals surface area contributed by atoms with Crippen LogP contribution in [0.3, 0.4) is 0 Å². The third-order valence-electron chi connectivity index (χ3n) is 2.97. The summed E-state index contributed by atoms with van der Waals surface area (Å²) < 4.78 is 31.8. The van der Waals surface area contributed by atoms with E-state index < -0.39 is 11.6 Å². The highest BCUT2D eigenvalue weighted by Crippen LogP contribution is 2.27. The summed E-state index contributed by atoms with van der Waals surface area (Å²) in [4.78, 5) is 0. The second-order valence-corrected chi connectivity index (χ2v) is 4.17. The molecule has 0 saturated carbocycles. The maximum Gasteiger partial charge on any atom is 0.163 e. The lowest BCUT2D eigenvalue weighted by Gasteiger charge is -2.24. The average Bonchev–Trinajstić information content (AvgIpc) is 2.32. The molecule has 2 nitrogen and oxygen atoms in total. The standard InChI is InChI=1S/C13H19F2NO/c1-9(7-8-17-3)13(16-2)10-5-4-6-11(14)12(10)15/h4-6,9,13,16H,7-8H2,1-3H3. The fourth-order valence-corrected chi connectivity index (χ4v) is 1.98. The number of hydrogen-bond acceptors (Lipinski definition) is 2. The van der Waals surface area contributed by atoms with Crippen LogP contribution in [0.5, 0.6) is 0 Å². The van der Waals surface area contributed by atoms with Crippen molar-refractivity contribution >= 4 is 0 Å². The van der Waals surface area contributed by atoms with Gasteiger partial charge in [-0.1, -0.05) is 19.1 Å². The first kappa shape index (κ1) is 14.1. The van der Waals surface area contributed by atoms with E-state index in [4.69, 9.17) is 4.74 Å². The third kappa shape index (κ3) is 3.48. The fourth-order valence-electron chi connectivity index (χ4n) is 1.98. The summed E-state index contributed by atoms with van der Waals surface area (Å²) in [7, 11) is 3.38. The lowest BCUT2D eigenvalue weighted by molar-refractivity contribution is 0.170. The number of methoxy groups -OCH3 is 1. The Morgan fingerprint density at radius 3 is 2.65 bits per heavy atom. The van der Waals surface area contributed by atoms with Gasteiger partial charge in [0, 0.05) is 25.3 Å². The number of rotatable bonds is 6. The topological polar surface area (TPSA) is 21.3 Å². The van der Waals surface area contributed by atoms with Gasteiger partial charge in [-0.05, 0) is 25.5 Å². The minimum absolute atomic E-state index is 0.163. The number of nitrogens with one attached hydrogen (secondary N) is 1. The van der Waals surface area contributed by atoms with Gasteiger partial charge >= 0.3 is 0 Å². The predicted molar refractivity (Wildman–Crippen MR) is 63.8 cm³/mol. The lowest BCUT2D eigenvalue weighted by Crippen LogP contribution is -2.25. The molecule has 0 heterocycles. The van der Waals surface area contributed by atoms with Gasteiger partial charge in [0.05, 0.1) is 0 Å². The van der Waals surface area contributed by atoms with Crippen LogP contribution in [0.2, 0.25) is 0 Å². The number of halogens is 2. The van der Waals surface area contributed by atoms with Crippen LogP contribution in [0.25, 0.3) is 0 Å². The first-order valence-electron chi connectivity index (χ1n) is 5.72. The summed E-state index contributed by atoms with van der Waals surface area (Å²) in [6.45, 7) is 2.60. The second-order valence-electron chi connectivity index (χ2n) is 4.17. The van der Waals surface area contributed by atoms with Gasteiger partial charge in [-0.3, -0.25) is 0 Å². The normalized spacial score (nSPS) is 14.6. The van der Waals surface area contributed by atoms with Crippen LogP contribution in [0.4, 0.5) is 8.78 Å². The van der Waals surface area contributed by atoms with E-state index in [2.05, 4.69) is 5.32 Å². The molecule has 1 rings (SSSR count). The zero-order valence-electron chi connectivity index (χ0n) is 10.5. The van der Waals surface area contributed by atoms with E-state index in [1.165, 1.54) is 6.07 Å². The monoisotopic (exact) mass is 243 g/mol. The predicted octanol–water partition coefficient (Wildman–Crippen LogP) is 2.90. The SMILES string of the molecule is CNC(c1cccc(F)c1F)C(C)CCOC. The van der Waals surface area contributed by atoms with Crippen molar-refractivity contribution in [3.05, 3.63) is 35.4 Å². The van der Waals surface area contributed by atoms with Crippen molar-refractivity contribution in [3.63, 3.8) is 0 Å². The number of ether oxygens (including phenoxy) is 1. The van der Waals surface area contributed by atoms with Crippen molar-refractivity contribution in [2.75, 3.05) is 20.8 Å². The highest BCUT2D eigenvalue weighted by molar-refractivity contribution is 5.23. The molecule has 17 heavy (non-hydrogen) atoms. The fraction of sp³-hybridized carbons (Fsp3) is 0.538. The molecule has 0 aromatic heterocycles. The molecule has 1 aromatic rings. The van der Waals surface area contributed by atoms with Crippen LogP contribution in [0.15, 0.2) is 18.2 Å². The van der Waals surface area contributed by atoms with Gasteiger partial charge in [0.2, 0.25) is 0 Å². The van der Waals surface area contributed by atoms with E-state index >= 15 is 0 Å². The van der Waals surface area contributed by atoms with E-state index in [-0.39, 0.29) is 12.0 Å². The van der Waals surface area contributed by atoms with Crippen molar-refractivity contribution in [3.8, 4) is 0 Å². The largest absolute Gasteiger partial charge is 0.385 e. The van der Waals surface area contributed by atoms with Gasteiger partial charge in [-0.25, -0.2) is 8.78 Å². The summed E-state index contributed by atoms with van der Waals surface area (Å²) in [5.41, 5.74) is 0.371. The van der Waals surface area contributed by atoms with Crippen LogP contribution in [-0.2, 0) is 4.74 Å². The van der Waals surface area contributed by atoms with Crippen LogP contribution in [0.1, 0.15) is 24.9 Å². The number of hydrogen-bond donors (Lipinski definition) is 1. The van der Waals surface area contributed by atoms with Crippen LogP contribution in [0, 0.1) is 17.6 Å². The molecule has 96 valence electrons. The lowest BCUT2D eigenvalue weighted by atomic mass is 9.92. The van der Waals surface area contributed by atoms with Gasteiger partial charge < -0.3 is 10.1 Å². The molecular formula is C13H19F2NO. The summed E-state index contributed by atoms with van der Waals surface area (Å²) in [5, 5.41) is 3.03. The highest BCUT2D eigenvalue weighted by atomic mass is 19.2. The molecule has 0 aliphatic carbocycles. The quantitative estimate of drug-likeness (QED) is 0.829. The zero-order valence-corrected chi connectivity index (χ0v) is 10.5. The molecule has 0 fully saturated rings. The summed E-state index contributed by atoms with van der Waals surface area (Å²) >= 11 is 0. The minimum Gasteiger partial charge on any atom is -0.385 e. The summed E-state index contributed by atoms with van der Waals surface area (Å²) in [6, 6.07) is 4.07. The molecule has 1 N–H and O–H groups in total. The Kier molecular flexibility index (Phi) is 5.51. The van der Waals surface area contributed by atoms with E-state index in [1.807, 2.05) is 6.92 Å².